The van der Waals surface area contributed by atoms with Gasteiger partial charge in [-0.1, -0.05) is 37.3 Å². The van der Waals surface area contributed by atoms with Gasteiger partial charge in [-0.3, -0.25) is 4.79 Å². The summed E-state index contributed by atoms with van der Waals surface area (Å²) in [6, 6.07) is 12.0. The van der Waals surface area contributed by atoms with Crippen LogP contribution >= 0.6 is 0 Å². The first-order valence-corrected chi connectivity index (χ1v) is 8.43. The highest BCUT2D eigenvalue weighted by atomic mass is 16.1. The number of rotatable bonds is 6. The molecule has 1 aliphatic heterocycles. The summed E-state index contributed by atoms with van der Waals surface area (Å²) >= 11 is 0. The fourth-order valence-electron chi connectivity index (χ4n) is 2.71. The van der Waals surface area contributed by atoms with E-state index in [2.05, 4.69) is 22.1 Å². The van der Waals surface area contributed by atoms with Crippen molar-refractivity contribution in [1.82, 2.24) is 14.9 Å². The Morgan fingerprint density at radius 1 is 1.12 bits per heavy atom. The van der Waals surface area contributed by atoms with Crippen molar-refractivity contribution in [3.63, 3.8) is 0 Å². The molecule has 0 atom stereocenters. The topological polar surface area (TPSA) is 61.4 Å². The maximum absolute atomic E-state index is 10.9. The van der Waals surface area contributed by atoms with Crippen LogP contribution < -0.4 is 10.2 Å². The minimum absolute atomic E-state index is 0.726. The Morgan fingerprint density at radius 2 is 1.88 bits per heavy atom. The number of anilines is 2. The van der Waals surface area contributed by atoms with Crippen molar-refractivity contribution in [3.05, 3.63) is 36.4 Å². The van der Waals surface area contributed by atoms with Crippen molar-refractivity contribution in [2.75, 3.05) is 42.9 Å². The highest BCUT2D eigenvalue weighted by Crippen LogP contribution is 2.23. The molecule has 0 unspecified atom stereocenters. The van der Waals surface area contributed by atoms with E-state index in [1.54, 1.807) is 4.90 Å². The number of amides is 1. The molecule has 1 N–H and O–H groups in total. The van der Waals surface area contributed by atoms with Crippen LogP contribution in [0.25, 0.3) is 11.4 Å². The molecule has 1 fully saturated rings. The van der Waals surface area contributed by atoms with Crippen molar-refractivity contribution in [2.24, 2.45) is 0 Å². The molecule has 0 saturated carbocycles. The minimum atomic E-state index is 0.726. The Kier molecular flexibility index (Phi) is 5.25. The fraction of sp³-hybridized carbons (Fsp3) is 0.389. The van der Waals surface area contributed by atoms with Gasteiger partial charge in [0.2, 0.25) is 6.41 Å². The van der Waals surface area contributed by atoms with Gasteiger partial charge in [0.15, 0.2) is 5.82 Å². The number of nitrogens with one attached hydrogen (secondary N) is 1. The predicted octanol–water partition coefficient (Wildman–Crippen LogP) is 2.24. The third-order valence-electron chi connectivity index (χ3n) is 4.09. The standard InChI is InChI=1S/C18H23N5O/c1-2-8-19-16-13-17(23-11-9-22(14-24)10-12-23)21-18(20-16)15-6-4-3-5-7-15/h3-7,13-14H,2,8-12H2,1H3,(H,19,20,21). The average Bonchev–Trinajstić information content (AvgIpc) is 2.67. The molecule has 6 nitrogen and oxygen atoms in total. The Bertz CT molecular complexity index is 668. The van der Waals surface area contributed by atoms with Crippen molar-refractivity contribution in [3.8, 4) is 11.4 Å². The molecule has 0 bridgehead atoms. The molecular weight excluding hydrogens is 302 g/mol. The smallest absolute Gasteiger partial charge is 0.209 e. The zero-order valence-electron chi connectivity index (χ0n) is 14.0. The first-order valence-electron chi connectivity index (χ1n) is 8.43. The third-order valence-corrected chi connectivity index (χ3v) is 4.09. The van der Waals surface area contributed by atoms with Gasteiger partial charge in [-0.25, -0.2) is 9.97 Å². The van der Waals surface area contributed by atoms with Gasteiger partial charge in [0, 0.05) is 44.4 Å². The lowest BCUT2D eigenvalue weighted by Crippen LogP contribution is -2.46. The highest BCUT2D eigenvalue weighted by molar-refractivity contribution is 5.62. The van der Waals surface area contributed by atoms with Gasteiger partial charge in [0.25, 0.3) is 0 Å². The molecule has 24 heavy (non-hydrogen) atoms. The van der Waals surface area contributed by atoms with Gasteiger partial charge in [0.05, 0.1) is 0 Å². The molecule has 1 saturated heterocycles. The average molecular weight is 325 g/mol. The fourth-order valence-corrected chi connectivity index (χ4v) is 2.71. The van der Waals surface area contributed by atoms with E-state index in [0.29, 0.717) is 0 Å². The largest absolute Gasteiger partial charge is 0.370 e. The molecule has 0 radical (unpaired) electrons. The molecule has 0 spiro atoms. The van der Waals surface area contributed by atoms with E-state index in [1.807, 2.05) is 36.4 Å². The second kappa shape index (κ2) is 7.77. The van der Waals surface area contributed by atoms with Crippen LogP contribution in [0.1, 0.15) is 13.3 Å². The monoisotopic (exact) mass is 325 g/mol. The molecule has 1 amide bonds. The summed E-state index contributed by atoms with van der Waals surface area (Å²) in [6.07, 6.45) is 1.96. The van der Waals surface area contributed by atoms with E-state index in [-0.39, 0.29) is 0 Å². The van der Waals surface area contributed by atoms with Crippen molar-refractivity contribution in [1.29, 1.82) is 0 Å². The lowest BCUT2D eigenvalue weighted by atomic mass is 10.2. The molecule has 2 aromatic rings. The summed E-state index contributed by atoms with van der Waals surface area (Å²) in [5, 5.41) is 3.36. The number of nitrogens with zero attached hydrogens (tertiary/aromatic N) is 4. The number of benzene rings is 1. The van der Waals surface area contributed by atoms with Gasteiger partial charge < -0.3 is 15.1 Å². The molecule has 1 aliphatic rings. The Labute approximate surface area is 142 Å². The quantitative estimate of drug-likeness (QED) is 0.826. The summed E-state index contributed by atoms with van der Waals surface area (Å²) in [4.78, 5) is 24.3. The maximum atomic E-state index is 10.9. The van der Waals surface area contributed by atoms with Gasteiger partial charge in [-0.05, 0) is 6.42 Å². The first kappa shape index (κ1) is 16.2. The first-order chi connectivity index (χ1) is 11.8. The summed E-state index contributed by atoms with van der Waals surface area (Å²) in [6.45, 7) is 6.04. The van der Waals surface area contributed by atoms with Crippen molar-refractivity contribution in [2.45, 2.75) is 13.3 Å². The highest BCUT2D eigenvalue weighted by Gasteiger charge is 2.18. The predicted molar refractivity (Wildman–Crippen MR) is 96.1 cm³/mol. The van der Waals surface area contributed by atoms with Crippen LogP contribution in [0, 0.1) is 0 Å². The lowest BCUT2D eigenvalue weighted by molar-refractivity contribution is -0.118. The van der Waals surface area contributed by atoms with Crippen molar-refractivity contribution >= 4 is 18.0 Å². The van der Waals surface area contributed by atoms with Crippen LogP contribution in [-0.2, 0) is 4.79 Å². The molecule has 1 aromatic heterocycles. The summed E-state index contributed by atoms with van der Waals surface area (Å²) in [5.41, 5.74) is 1.01. The van der Waals surface area contributed by atoms with E-state index in [9.17, 15) is 4.79 Å². The van der Waals surface area contributed by atoms with Gasteiger partial charge in [-0.15, -0.1) is 0 Å². The van der Waals surface area contributed by atoms with E-state index in [4.69, 9.17) is 4.98 Å². The SMILES string of the molecule is CCCNc1cc(N2CCN(C=O)CC2)nc(-c2ccccc2)n1. The molecular formula is C18H23N5O. The molecule has 3 rings (SSSR count). The van der Waals surface area contributed by atoms with Crippen molar-refractivity contribution < 1.29 is 4.79 Å². The van der Waals surface area contributed by atoms with E-state index in [0.717, 1.165) is 68.6 Å². The van der Waals surface area contributed by atoms with Gasteiger partial charge in [-0.2, -0.15) is 0 Å². The van der Waals surface area contributed by atoms with Crippen LogP contribution in [0.2, 0.25) is 0 Å². The minimum Gasteiger partial charge on any atom is -0.370 e. The molecule has 126 valence electrons. The zero-order valence-corrected chi connectivity index (χ0v) is 14.0. The Hall–Kier alpha value is -2.63. The van der Waals surface area contributed by atoms with Crippen LogP contribution in [0.4, 0.5) is 11.6 Å². The number of hydrogen-bond donors (Lipinski definition) is 1. The van der Waals surface area contributed by atoms with Crippen LogP contribution in [0.5, 0.6) is 0 Å². The van der Waals surface area contributed by atoms with Gasteiger partial charge in [0.1, 0.15) is 11.6 Å². The summed E-state index contributed by atoms with van der Waals surface area (Å²) < 4.78 is 0. The number of aromatic nitrogens is 2. The molecule has 6 heteroatoms. The number of carbonyl (C=O) groups excluding carboxylic acids is 1. The molecule has 2 heterocycles. The molecule has 1 aromatic carbocycles. The molecule has 0 aliphatic carbocycles. The van der Waals surface area contributed by atoms with E-state index >= 15 is 0 Å². The zero-order chi connectivity index (χ0) is 16.8. The normalized spacial score (nSPS) is 14.5. The number of carbonyl (C=O) groups is 1. The lowest BCUT2D eigenvalue weighted by Gasteiger charge is -2.33. The third kappa shape index (κ3) is 3.82. The van der Waals surface area contributed by atoms with E-state index < -0.39 is 0 Å². The van der Waals surface area contributed by atoms with E-state index in [1.165, 1.54) is 0 Å². The van der Waals surface area contributed by atoms with Crippen LogP contribution in [0.3, 0.4) is 0 Å². The Morgan fingerprint density at radius 3 is 2.54 bits per heavy atom. The van der Waals surface area contributed by atoms with Gasteiger partial charge >= 0.3 is 0 Å². The second-order valence-electron chi connectivity index (χ2n) is 5.86. The second-order valence-corrected chi connectivity index (χ2v) is 5.86. The summed E-state index contributed by atoms with van der Waals surface area (Å²) in [7, 11) is 0. The summed E-state index contributed by atoms with van der Waals surface area (Å²) in [5.74, 6) is 2.48. The van der Waals surface area contributed by atoms with Crippen LogP contribution in [-0.4, -0.2) is 54.0 Å². The van der Waals surface area contributed by atoms with Crippen LogP contribution in [0.15, 0.2) is 36.4 Å². The number of hydrogen-bond acceptors (Lipinski definition) is 5. The Balaban J connectivity index is 1.88. The maximum Gasteiger partial charge on any atom is 0.209 e. The number of piperazine rings is 1.